The highest BCUT2D eigenvalue weighted by molar-refractivity contribution is 5.69. The summed E-state index contributed by atoms with van der Waals surface area (Å²) < 4.78 is 7.62. The second-order valence-electron chi connectivity index (χ2n) is 13.8. The Balaban J connectivity index is 1.02. The number of hydrogen-bond donors (Lipinski definition) is 0. The van der Waals surface area contributed by atoms with Crippen LogP contribution in [0.15, 0.2) is 54.7 Å². The number of para-hydroxylation sites is 1. The average molecular weight is 570 g/mol. The maximum Gasteiger partial charge on any atom is 0.327 e. The zero-order valence-electron chi connectivity index (χ0n) is 25.9. The molecule has 0 radical (unpaired) electrons. The van der Waals surface area contributed by atoms with Crippen molar-refractivity contribution in [2.24, 2.45) is 11.3 Å². The van der Waals surface area contributed by atoms with E-state index in [0.717, 1.165) is 57.7 Å². The first-order valence-corrected chi connectivity index (χ1v) is 15.9. The zero-order chi connectivity index (χ0) is 29.3. The van der Waals surface area contributed by atoms with Gasteiger partial charge < -0.3 is 9.64 Å². The van der Waals surface area contributed by atoms with Crippen LogP contribution >= 0.6 is 0 Å². The molecule has 0 unspecified atom stereocenters. The number of anilines is 1. The minimum atomic E-state index is -0.228. The van der Waals surface area contributed by atoms with E-state index in [1.807, 2.05) is 6.20 Å². The molecule has 2 aromatic carbocycles. The molecule has 0 N–H and O–H groups in total. The Hall–Kier alpha value is -3.19. The molecule has 6 rings (SSSR count). The van der Waals surface area contributed by atoms with Crippen LogP contribution in [-0.2, 0) is 34.5 Å². The van der Waals surface area contributed by atoms with E-state index in [4.69, 9.17) is 4.74 Å². The summed E-state index contributed by atoms with van der Waals surface area (Å²) in [4.78, 5) is 17.8. The van der Waals surface area contributed by atoms with Gasteiger partial charge in [-0.1, -0.05) is 75.7 Å². The molecule has 224 valence electrons. The topological polar surface area (TPSA) is 63.5 Å². The fourth-order valence-electron chi connectivity index (χ4n) is 8.12. The van der Waals surface area contributed by atoms with Crippen LogP contribution in [0.5, 0.6) is 0 Å². The highest BCUT2D eigenvalue weighted by Crippen LogP contribution is 2.57. The number of benzene rings is 2. The van der Waals surface area contributed by atoms with E-state index >= 15 is 0 Å². The van der Waals surface area contributed by atoms with Crippen LogP contribution in [0.25, 0.3) is 0 Å². The van der Waals surface area contributed by atoms with Gasteiger partial charge in [0.05, 0.1) is 18.5 Å². The van der Waals surface area contributed by atoms with Crippen molar-refractivity contribution < 1.29 is 9.53 Å². The van der Waals surface area contributed by atoms with Gasteiger partial charge in [0.25, 0.3) is 0 Å². The maximum absolute atomic E-state index is 13.0. The molecule has 1 saturated heterocycles. The number of fused-ring (bicyclic) bond motifs is 3. The maximum atomic E-state index is 13.0. The highest BCUT2D eigenvalue weighted by atomic mass is 16.5. The number of rotatable bonds is 8. The summed E-state index contributed by atoms with van der Waals surface area (Å²) in [7, 11) is 0. The van der Waals surface area contributed by atoms with Gasteiger partial charge in [-0.25, -0.2) is 4.68 Å². The minimum Gasteiger partial charge on any atom is -0.464 e. The number of carbonyl (C=O) groups excluding carboxylic acids is 1. The van der Waals surface area contributed by atoms with Crippen molar-refractivity contribution >= 4 is 11.7 Å². The number of ether oxygens (including phenoxy) is 1. The zero-order valence-corrected chi connectivity index (χ0v) is 25.9. The van der Waals surface area contributed by atoms with Crippen LogP contribution in [0.4, 0.5) is 5.69 Å². The van der Waals surface area contributed by atoms with Crippen molar-refractivity contribution in [1.29, 1.82) is 0 Å². The molecule has 2 aliphatic carbocycles. The molecule has 7 nitrogen and oxygen atoms in total. The lowest BCUT2D eigenvalue weighted by molar-refractivity contribution is -0.152. The third-order valence-corrected chi connectivity index (χ3v) is 10.5. The Morgan fingerprint density at radius 1 is 1.05 bits per heavy atom. The van der Waals surface area contributed by atoms with Gasteiger partial charge in [0, 0.05) is 43.8 Å². The summed E-state index contributed by atoms with van der Waals surface area (Å²) >= 11 is 0. The number of hydrogen-bond acceptors (Lipinski definition) is 6. The summed E-state index contributed by atoms with van der Waals surface area (Å²) in [5.41, 5.74) is 6.78. The Morgan fingerprint density at radius 2 is 1.83 bits per heavy atom. The molecule has 1 saturated carbocycles. The van der Waals surface area contributed by atoms with Crippen molar-refractivity contribution in [3.05, 3.63) is 77.1 Å². The molecular formula is C35H47N5O2. The van der Waals surface area contributed by atoms with E-state index < -0.39 is 0 Å². The molecule has 0 amide bonds. The Labute approximate surface area is 251 Å². The largest absolute Gasteiger partial charge is 0.464 e. The first-order valence-electron chi connectivity index (χ1n) is 15.9. The highest BCUT2D eigenvalue weighted by Gasteiger charge is 2.52. The number of esters is 1. The van der Waals surface area contributed by atoms with Crippen molar-refractivity contribution in [2.75, 3.05) is 37.7 Å². The molecule has 0 spiro atoms. The van der Waals surface area contributed by atoms with E-state index in [9.17, 15) is 4.79 Å². The normalized spacial score (nSPS) is 26.1. The number of carbonyl (C=O) groups is 1. The lowest BCUT2D eigenvalue weighted by atomic mass is 9.50. The first kappa shape index (κ1) is 28.9. The van der Waals surface area contributed by atoms with E-state index in [1.165, 1.54) is 35.2 Å². The van der Waals surface area contributed by atoms with Gasteiger partial charge in [0.15, 0.2) is 0 Å². The van der Waals surface area contributed by atoms with Gasteiger partial charge in [0.1, 0.15) is 6.54 Å². The fourth-order valence-corrected chi connectivity index (χ4v) is 8.12. The van der Waals surface area contributed by atoms with Crippen molar-refractivity contribution in [2.45, 2.75) is 84.2 Å². The molecule has 1 aliphatic heterocycles. The fraction of sp³-hybridized carbons (Fsp3) is 0.571. The van der Waals surface area contributed by atoms with Crippen molar-refractivity contribution in [3.63, 3.8) is 0 Å². The monoisotopic (exact) mass is 569 g/mol. The second kappa shape index (κ2) is 11.8. The third-order valence-electron chi connectivity index (χ3n) is 10.5. The van der Waals surface area contributed by atoms with Crippen LogP contribution in [0.3, 0.4) is 0 Å². The van der Waals surface area contributed by atoms with Crippen LogP contribution in [-0.4, -0.2) is 58.6 Å². The second-order valence-corrected chi connectivity index (χ2v) is 13.8. The van der Waals surface area contributed by atoms with E-state index in [-0.39, 0.29) is 23.3 Å². The first-order chi connectivity index (χ1) is 20.2. The van der Waals surface area contributed by atoms with Gasteiger partial charge in [-0.2, -0.15) is 0 Å². The molecule has 2 heterocycles. The number of aryl methyl sites for hydroxylation is 1. The Kier molecular flexibility index (Phi) is 8.14. The molecule has 7 heteroatoms. The Morgan fingerprint density at radius 3 is 2.60 bits per heavy atom. The predicted octanol–water partition coefficient (Wildman–Crippen LogP) is 5.98. The molecule has 42 heavy (non-hydrogen) atoms. The molecule has 1 aromatic heterocycles. The van der Waals surface area contributed by atoms with Gasteiger partial charge in [-0.3, -0.25) is 9.69 Å². The summed E-state index contributed by atoms with van der Waals surface area (Å²) in [6.07, 6.45) is 7.64. The third kappa shape index (κ3) is 5.85. The minimum absolute atomic E-state index is 0.0213. The number of nitrogens with zero attached hydrogens (tertiary/aromatic N) is 5. The molecule has 2 fully saturated rings. The van der Waals surface area contributed by atoms with Crippen LogP contribution in [0, 0.1) is 11.3 Å². The van der Waals surface area contributed by atoms with Crippen molar-refractivity contribution in [1.82, 2.24) is 19.9 Å². The lowest BCUT2D eigenvalue weighted by Crippen LogP contribution is -2.51. The van der Waals surface area contributed by atoms with Gasteiger partial charge >= 0.3 is 5.97 Å². The summed E-state index contributed by atoms with van der Waals surface area (Å²) in [6.45, 7) is 14.6. The van der Waals surface area contributed by atoms with E-state index in [0.29, 0.717) is 18.4 Å². The van der Waals surface area contributed by atoms with E-state index in [2.05, 4.69) is 96.3 Å². The van der Waals surface area contributed by atoms with Gasteiger partial charge in [-0.05, 0) is 71.8 Å². The van der Waals surface area contributed by atoms with Gasteiger partial charge in [0.2, 0.25) is 0 Å². The number of piperazine rings is 1. The SMILES string of the molecule is CC(C)c1ccc2c(c1)CC[C@H]1[C@](C)(COC(=O)Cn3cc(CN4CCN(c5ccccc5)CC4)nn3)CCC[C@]21C. The summed E-state index contributed by atoms with van der Waals surface area (Å²) in [6, 6.07) is 17.8. The molecule has 3 atom stereocenters. The number of aromatic nitrogens is 3. The molecule has 0 bridgehead atoms. The lowest BCUT2D eigenvalue weighted by Gasteiger charge is -2.55. The smallest absolute Gasteiger partial charge is 0.327 e. The average Bonchev–Trinajstić information content (AvgIpc) is 3.43. The van der Waals surface area contributed by atoms with Crippen LogP contribution in [0.1, 0.15) is 81.7 Å². The van der Waals surface area contributed by atoms with Crippen LogP contribution in [0.2, 0.25) is 0 Å². The standard InChI is InChI=1S/C35H47N5O2/c1-26(2)27-11-13-31-28(21-27)12-14-32-34(3,15-8-16-35(31,32)4)25-42-33(41)24-40-23-29(36-37-40)22-38-17-19-39(20-18-38)30-9-6-5-7-10-30/h5-7,9-11,13,21,23,26,32H,8,12,14-20,22,24-25H2,1-4H3/t32-,34-,35+/m0/s1. The molecular weight excluding hydrogens is 522 g/mol. The predicted molar refractivity (Wildman–Crippen MR) is 167 cm³/mol. The summed E-state index contributed by atoms with van der Waals surface area (Å²) in [5, 5.41) is 8.60. The van der Waals surface area contributed by atoms with E-state index in [1.54, 1.807) is 4.68 Å². The van der Waals surface area contributed by atoms with Gasteiger partial charge in [-0.15, -0.1) is 5.10 Å². The van der Waals surface area contributed by atoms with Crippen LogP contribution < -0.4 is 4.90 Å². The molecule has 3 aromatic rings. The Bertz CT molecular complexity index is 1380. The van der Waals surface area contributed by atoms with Crippen molar-refractivity contribution in [3.8, 4) is 0 Å². The summed E-state index contributed by atoms with van der Waals surface area (Å²) in [5.74, 6) is 0.826. The quantitative estimate of drug-likeness (QED) is 0.311. The molecule has 3 aliphatic rings.